The van der Waals surface area contributed by atoms with Crippen molar-refractivity contribution in [3.8, 4) is 22.9 Å². The topological polar surface area (TPSA) is 69.2 Å². The molecule has 0 atom stereocenters. The van der Waals surface area contributed by atoms with Gasteiger partial charge in [-0.25, -0.2) is 9.97 Å². The lowest BCUT2D eigenvalue weighted by molar-refractivity contribution is 0.352. The lowest BCUT2D eigenvalue weighted by Crippen LogP contribution is -2.06. The maximum Gasteiger partial charge on any atom is 0.165 e. The van der Waals surface area contributed by atoms with Crippen LogP contribution in [0.5, 0.6) is 11.5 Å². The predicted molar refractivity (Wildman–Crippen MR) is 96.9 cm³/mol. The molecule has 3 aromatic rings. The van der Waals surface area contributed by atoms with Crippen LogP contribution in [0.1, 0.15) is 11.3 Å². The van der Waals surface area contributed by atoms with Gasteiger partial charge in [0.2, 0.25) is 0 Å². The van der Waals surface area contributed by atoms with Gasteiger partial charge in [-0.3, -0.25) is 4.98 Å². The summed E-state index contributed by atoms with van der Waals surface area (Å²) >= 11 is 0. The molecule has 0 unspecified atom stereocenters. The monoisotopic (exact) mass is 336 g/mol. The van der Waals surface area contributed by atoms with Crippen LogP contribution in [0.2, 0.25) is 0 Å². The summed E-state index contributed by atoms with van der Waals surface area (Å²) < 4.78 is 10.8. The zero-order valence-electron chi connectivity index (χ0n) is 14.5. The fourth-order valence-corrected chi connectivity index (χ4v) is 2.57. The fourth-order valence-electron chi connectivity index (χ4n) is 2.57. The van der Waals surface area contributed by atoms with Crippen LogP contribution in [-0.2, 0) is 6.54 Å². The second-order valence-electron chi connectivity index (χ2n) is 5.46. The number of rotatable bonds is 6. The molecule has 0 aliphatic carbocycles. The highest BCUT2D eigenvalue weighted by Crippen LogP contribution is 2.31. The highest BCUT2D eigenvalue weighted by molar-refractivity contribution is 5.57. The predicted octanol–water partition coefficient (Wildman–Crippen LogP) is 3.48. The van der Waals surface area contributed by atoms with Crippen molar-refractivity contribution >= 4 is 5.82 Å². The van der Waals surface area contributed by atoms with E-state index in [2.05, 4.69) is 20.3 Å². The van der Waals surface area contributed by atoms with Gasteiger partial charge < -0.3 is 14.8 Å². The van der Waals surface area contributed by atoms with Gasteiger partial charge in [-0.15, -0.1) is 0 Å². The Labute approximate surface area is 146 Å². The number of nitrogens with zero attached hydrogens (tertiary/aromatic N) is 3. The molecule has 128 valence electrons. The van der Waals surface area contributed by atoms with Crippen LogP contribution in [0, 0.1) is 6.92 Å². The number of benzene rings is 1. The summed E-state index contributed by atoms with van der Waals surface area (Å²) in [6.07, 6.45) is 3.46. The number of ether oxygens (including phenoxy) is 2. The molecule has 0 spiro atoms. The maximum absolute atomic E-state index is 5.47. The number of hydrogen-bond acceptors (Lipinski definition) is 6. The summed E-state index contributed by atoms with van der Waals surface area (Å²) in [5, 5.41) is 3.34. The van der Waals surface area contributed by atoms with Crippen LogP contribution >= 0.6 is 0 Å². The smallest absolute Gasteiger partial charge is 0.165 e. The van der Waals surface area contributed by atoms with Gasteiger partial charge in [0.25, 0.3) is 0 Å². The summed E-state index contributed by atoms with van der Waals surface area (Å²) in [7, 11) is 3.27. The van der Waals surface area contributed by atoms with Crippen LogP contribution < -0.4 is 14.8 Å². The first-order valence-electron chi connectivity index (χ1n) is 7.91. The van der Waals surface area contributed by atoms with Crippen LogP contribution in [-0.4, -0.2) is 29.2 Å². The van der Waals surface area contributed by atoms with E-state index in [9.17, 15) is 0 Å². The minimum atomic E-state index is 0.562. The summed E-state index contributed by atoms with van der Waals surface area (Å²) in [6, 6.07) is 11.5. The number of pyridine rings is 1. The van der Waals surface area contributed by atoms with Crippen molar-refractivity contribution in [1.82, 2.24) is 15.0 Å². The van der Waals surface area contributed by atoms with Gasteiger partial charge in [-0.1, -0.05) is 12.1 Å². The molecule has 1 aromatic carbocycles. The molecule has 0 amide bonds. The van der Waals surface area contributed by atoms with E-state index in [1.165, 1.54) is 0 Å². The van der Waals surface area contributed by atoms with Gasteiger partial charge in [-0.05, 0) is 25.1 Å². The van der Waals surface area contributed by atoms with Crippen LogP contribution in [0.4, 0.5) is 5.82 Å². The zero-order chi connectivity index (χ0) is 17.6. The molecule has 2 heterocycles. The molecule has 1 N–H and O–H groups in total. The number of nitrogens with one attached hydrogen (secondary N) is 1. The summed E-state index contributed by atoms with van der Waals surface area (Å²) in [5.74, 6) is 2.85. The molecule has 0 saturated heterocycles. The molecule has 0 saturated carbocycles. The summed E-state index contributed by atoms with van der Waals surface area (Å²) in [6.45, 7) is 2.51. The largest absolute Gasteiger partial charge is 0.493 e. The number of anilines is 1. The Bertz CT molecular complexity index is 853. The molecule has 0 aliphatic rings. The van der Waals surface area contributed by atoms with Crippen molar-refractivity contribution in [2.45, 2.75) is 13.5 Å². The summed E-state index contributed by atoms with van der Waals surface area (Å²) in [4.78, 5) is 13.1. The van der Waals surface area contributed by atoms with Gasteiger partial charge >= 0.3 is 0 Å². The van der Waals surface area contributed by atoms with E-state index in [4.69, 9.17) is 9.47 Å². The molecule has 6 heteroatoms. The Hall–Kier alpha value is -3.15. The van der Waals surface area contributed by atoms with E-state index in [0.717, 1.165) is 28.4 Å². The van der Waals surface area contributed by atoms with E-state index >= 15 is 0 Å². The van der Waals surface area contributed by atoms with E-state index in [1.54, 1.807) is 26.6 Å². The Morgan fingerprint density at radius 2 is 1.80 bits per heavy atom. The molecule has 3 rings (SSSR count). The Morgan fingerprint density at radius 3 is 2.52 bits per heavy atom. The van der Waals surface area contributed by atoms with Crippen molar-refractivity contribution in [2.24, 2.45) is 0 Å². The first-order valence-corrected chi connectivity index (χ1v) is 7.91. The Morgan fingerprint density at radius 1 is 1.00 bits per heavy atom. The van der Waals surface area contributed by atoms with Crippen molar-refractivity contribution < 1.29 is 9.47 Å². The van der Waals surface area contributed by atoms with Crippen molar-refractivity contribution in [2.75, 3.05) is 19.5 Å². The van der Waals surface area contributed by atoms with E-state index in [1.807, 2.05) is 43.3 Å². The minimum Gasteiger partial charge on any atom is -0.493 e. The third-order valence-electron chi connectivity index (χ3n) is 3.74. The Kier molecular flexibility index (Phi) is 5.09. The second kappa shape index (κ2) is 7.61. The lowest BCUT2D eigenvalue weighted by Gasteiger charge is -2.14. The lowest BCUT2D eigenvalue weighted by atomic mass is 10.2. The van der Waals surface area contributed by atoms with E-state index in [0.29, 0.717) is 18.1 Å². The van der Waals surface area contributed by atoms with E-state index in [-0.39, 0.29) is 0 Å². The normalized spacial score (nSPS) is 10.4. The standard InChI is InChI=1S/C19H20N4O2/c1-13-11-17(23-19(22-13)14-7-9-20-10-8-14)21-12-15-5-4-6-16(24-2)18(15)25-3/h4-11H,12H2,1-3H3,(H,21,22,23). The minimum absolute atomic E-state index is 0.562. The van der Waals surface area contributed by atoms with Gasteiger partial charge in [0, 0.05) is 41.8 Å². The zero-order valence-corrected chi connectivity index (χ0v) is 14.5. The fraction of sp³-hybridized carbons (Fsp3) is 0.211. The quantitative estimate of drug-likeness (QED) is 0.743. The molecule has 0 bridgehead atoms. The molecule has 25 heavy (non-hydrogen) atoms. The first kappa shape index (κ1) is 16.7. The number of aromatic nitrogens is 3. The van der Waals surface area contributed by atoms with Gasteiger partial charge in [-0.2, -0.15) is 0 Å². The van der Waals surface area contributed by atoms with Crippen molar-refractivity contribution in [3.63, 3.8) is 0 Å². The van der Waals surface area contributed by atoms with Crippen molar-refractivity contribution in [3.05, 3.63) is 60.0 Å². The van der Waals surface area contributed by atoms with Crippen LogP contribution in [0.3, 0.4) is 0 Å². The number of methoxy groups -OCH3 is 2. The average molecular weight is 336 g/mol. The molecule has 2 aromatic heterocycles. The first-order chi connectivity index (χ1) is 12.2. The number of aryl methyl sites for hydroxylation is 1. The number of para-hydroxylation sites is 1. The molecule has 0 aliphatic heterocycles. The third kappa shape index (κ3) is 3.85. The number of hydrogen-bond donors (Lipinski definition) is 1. The van der Waals surface area contributed by atoms with Gasteiger partial charge in [0.05, 0.1) is 14.2 Å². The Balaban J connectivity index is 1.84. The van der Waals surface area contributed by atoms with Gasteiger partial charge in [0.1, 0.15) is 5.82 Å². The van der Waals surface area contributed by atoms with Crippen molar-refractivity contribution in [1.29, 1.82) is 0 Å². The third-order valence-corrected chi connectivity index (χ3v) is 3.74. The van der Waals surface area contributed by atoms with Crippen LogP contribution in [0.25, 0.3) is 11.4 Å². The van der Waals surface area contributed by atoms with Gasteiger partial charge in [0.15, 0.2) is 17.3 Å². The highest BCUT2D eigenvalue weighted by atomic mass is 16.5. The molecular weight excluding hydrogens is 316 g/mol. The molecule has 0 radical (unpaired) electrons. The highest BCUT2D eigenvalue weighted by Gasteiger charge is 2.10. The SMILES string of the molecule is COc1cccc(CNc2cc(C)nc(-c3ccncc3)n2)c1OC. The molecule has 0 fully saturated rings. The maximum atomic E-state index is 5.47. The molecule has 6 nitrogen and oxygen atoms in total. The molecular formula is C19H20N4O2. The second-order valence-corrected chi connectivity index (χ2v) is 5.46. The van der Waals surface area contributed by atoms with E-state index < -0.39 is 0 Å². The summed E-state index contributed by atoms with van der Waals surface area (Å²) in [5.41, 5.74) is 2.81. The average Bonchev–Trinajstić information content (AvgIpc) is 2.66. The van der Waals surface area contributed by atoms with Crippen LogP contribution in [0.15, 0.2) is 48.8 Å².